The summed E-state index contributed by atoms with van der Waals surface area (Å²) in [6, 6.07) is 1.78. The van der Waals surface area contributed by atoms with Gasteiger partial charge in [-0.05, 0) is 25.3 Å². The van der Waals surface area contributed by atoms with Crippen LogP contribution >= 0.6 is 0 Å². The number of piperidine rings is 1. The first-order chi connectivity index (χ1) is 12.8. The number of methoxy groups -OCH3 is 1. The van der Waals surface area contributed by atoms with Gasteiger partial charge >= 0.3 is 0 Å². The van der Waals surface area contributed by atoms with Crippen molar-refractivity contribution in [2.24, 2.45) is 0 Å². The van der Waals surface area contributed by atoms with E-state index < -0.39 is 0 Å². The van der Waals surface area contributed by atoms with Crippen LogP contribution in [0.25, 0.3) is 11.6 Å². The van der Waals surface area contributed by atoms with Gasteiger partial charge in [-0.2, -0.15) is 4.98 Å². The van der Waals surface area contributed by atoms with Crippen LogP contribution in [0.1, 0.15) is 30.7 Å². The molecule has 3 aromatic heterocycles. The predicted octanol–water partition coefficient (Wildman–Crippen LogP) is 2.25. The molecule has 0 spiro atoms. The fraction of sp³-hybridized carbons (Fsp3) is 0.389. The average molecular weight is 351 g/mol. The molecule has 0 bridgehead atoms. The van der Waals surface area contributed by atoms with Gasteiger partial charge in [0.05, 0.1) is 24.7 Å². The SMILES string of the molecule is COc1cnc(Cc2c[nH]c(-c3ncccn3)n2)c(N2CCCCC2)n1. The molecule has 0 amide bonds. The van der Waals surface area contributed by atoms with E-state index in [2.05, 4.69) is 34.8 Å². The van der Waals surface area contributed by atoms with E-state index in [0.29, 0.717) is 23.9 Å². The molecule has 0 unspecified atom stereocenters. The Morgan fingerprint density at radius 2 is 1.88 bits per heavy atom. The second kappa shape index (κ2) is 7.47. The monoisotopic (exact) mass is 351 g/mol. The van der Waals surface area contributed by atoms with Gasteiger partial charge in [0, 0.05) is 38.1 Å². The zero-order valence-corrected chi connectivity index (χ0v) is 14.7. The van der Waals surface area contributed by atoms with Crippen LogP contribution in [0.3, 0.4) is 0 Å². The Kier molecular flexibility index (Phi) is 4.72. The van der Waals surface area contributed by atoms with Gasteiger partial charge in [-0.3, -0.25) is 4.98 Å². The summed E-state index contributed by atoms with van der Waals surface area (Å²) >= 11 is 0. The largest absolute Gasteiger partial charge is 0.480 e. The van der Waals surface area contributed by atoms with Crippen LogP contribution in [0, 0.1) is 0 Å². The molecule has 26 heavy (non-hydrogen) atoms. The molecule has 0 aliphatic carbocycles. The highest BCUT2D eigenvalue weighted by atomic mass is 16.5. The van der Waals surface area contributed by atoms with E-state index in [4.69, 9.17) is 4.74 Å². The second-order valence-corrected chi connectivity index (χ2v) is 6.22. The fourth-order valence-electron chi connectivity index (χ4n) is 3.13. The van der Waals surface area contributed by atoms with Gasteiger partial charge in [0.25, 0.3) is 0 Å². The smallest absolute Gasteiger partial charge is 0.234 e. The van der Waals surface area contributed by atoms with Crippen molar-refractivity contribution in [3.63, 3.8) is 0 Å². The fourth-order valence-corrected chi connectivity index (χ4v) is 3.13. The molecule has 0 saturated carbocycles. The molecule has 134 valence electrons. The third-order valence-corrected chi connectivity index (χ3v) is 4.43. The molecule has 1 aliphatic heterocycles. The van der Waals surface area contributed by atoms with E-state index in [0.717, 1.165) is 30.3 Å². The lowest BCUT2D eigenvalue weighted by molar-refractivity contribution is 0.394. The zero-order valence-electron chi connectivity index (χ0n) is 14.7. The normalized spacial score (nSPS) is 14.4. The van der Waals surface area contributed by atoms with Crippen molar-refractivity contribution >= 4 is 5.82 Å². The molecule has 0 aromatic carbocycles. The van der Waals surface area contributed by atoms with Crippen LogP contribution in [0.4, 0.5) is 5.82 Å². The van der Waals surface area contributed by atoms with E-state index in [1.165, 1.54) is 19.3 Å². The van der Waals surface area contributed by atoms with Gasteiger partial charge in [0.1, 0.15) is 0 Å². The number of anilines is 1. The van der Waals surface area contributed by atoms with Crippen LogP contribution in [0.2, 0.25) is 0 Å². The average Bonchev–Trinajstić information content (AvgIpc) is 3.18. The van der Waals surface area contributed by atoms with E-state index in [1.54, 1.807) is 31.8 Å². The third kappa shape index (κ3) is 3.49. The number of aromatic nitrogens is 6. The molecular formula is C18H21N7O. The Morgan fingerprint density at radius 3 is 2.65 bits per heavy atom. The van der Waals surface area contributed by atoms with Crippen LogP contribution in [0.5, 0.6) is 5.88 Å². The van der Waals surface area contributed by atoms with Crippen molar-refractivity contribution in [2.75, 3.05) is 25.1 Å². The van der Waals surface area contributed by atoms with Crippen molar-refractivity contribution < 1.29 is 4.74 Å². The van der Waals surface area contributed by atoms with Crippen molar-refractivity contribution in [1.29, 1.82) is 0 Å². The number of hydrogen-bond acceptors (Lipinski definition) is 7. The molecule has 0 radical (unpaired) electrons. The summed E-state index contributed by atoms with van der Waals surface area (Å²) in [5, 5.41) is 0. The number of ether oxygens (including phenoxy) is 1. The summed E-state index contributed by atoms with van der Waals surface area (Å²) < 4.78 is 5.27. The molecule has 4 heterocycles. The lowest BCUT2D eigenvalue weighted by Gasteiger charge is -2.29. The highest BCUT2D eigenvalue weighted by Crippen LogP contribution is 2.25. The van der Waals surface area contributed by atoms with E-state index in [9.17, 15) is 0 Å². The van der Waals surface area contributed by atoms with Gasteiger partial charge in [-0.15, -0.1) is 0 Å². The summed E-state index contributed by atoms with van der Waals surface area (Å²) in [6.45, 7) is 2.00. The summed E-state index contributed by atoms with van der Waals surface area (Å²) in [6.07, 6.45) is 11.2. The molecule has 8 nitrogen and oxygen atoms in total. The molecule has 1 fully saturated rings. The number of hydrogen-bond donors (Lipinski definition) is 1. The lowest BCUT2D eigenvalue weighted by Crippen LogP contribution is -2.31. The number of nitrogens with zero attached hydrogens (tertiary/aromatic N) is 6. The molecular weight excluding hydrogens is 330 g/mol. The Morgan fingerprint density at radius 1 is 1.08 bits per heavy atom. The van der Waals surface area contributed by atoms with Crippen molar-refractivity contribution in [1.82, 2.24) is 29.9 Å². The van der Waals surface area contributed by atoms with Crippen molar-refractivity contribution in [2.45, 2.75) is 25.7 Å². The third-order valence-electron chi connectivity index (χ3n) is 4.43. The van der Waals surface area contributed by atoms with E-state index in [1.807, 2.05) is 6.20 Å². The summed E-state index contributed by atoms with van der Waals surface area (Å²) in [7, 11) is 1.61. The standard InChI is InChI=1S/C18H21N7O/c1-26-15-12-21-14(18(24-15)25-8-3-2-4-9-25)10-13-11-22-17(23-13)16-19-6-5-7-20-16/h5-7,11-12H,2-4,8-10H2,1H3,(H,22,23). The molecule has 1 N–H and O–H groups in total. The molecule has 4 rings (SSSR count). The van der Waals surface area contributed by atoms with Crippen LogP contribution in [-0.2, 0) is 6.42 Å². The first-order valence-electron chi connectivity index (χ1n) is 8.80. The quantitative estimate of drug-likeness (QED) is 0.753. The number of imidazole rings is 1. The summed E-state index contributed by atoms with van der Waals surface area (Å²) in [4.78, 5) is 27.7. The minimum Gasteiger partial charge on any atom is -0.480 e. The predicted molar refractivity (Wildman–Crippen MR) is 97.1 cm³/mol. The Hall–Kier alpha value is -3.03. The van der Waals surface area contributed by atoms with Gasteiger partial charge in [0.15, 0.2) is 17.5 Å². The van der Waals surface area contributed by atoms with Gasteiger partial charge in [-0.1, -0.05) is 0 Å². The lowest BCUT2D eigenvalue weighted by atomic mass is 10.1. The maximum absolute atomic E-state index is 5.27. The minimum atomic E-state index is 0.537. The molecule has 3 aromatic rings. The first-order valence-corrected chi connectivity index (χ1v) is 8.80. The maximum atomic E-state index is 5.27. The van der Waals surface area contributed by atoms with Crippen LogP contribution in [0.15, 0.2) is 30.9 Å². The van der Waals surface area contributed by atoms with E-state index in [-0.39, 0.29) is 0 Å². The molecule has 8 heteroatoms. The van der Waals surface area contributed by atoms with E-state index >= 15 is 0 Å². The topological polar surface area (TPSA) is 92.7 Å². The highest BCUT2D eigenvalue weighted by molar-refractivity contribution is 5.48. The minimum absolute atomic E-state index is 0.537. The number of nitrogens with one attached hydrogen (secondary N) is 1. The van der Waals surface area contributed by atoms with Crippen molar-refractivity contribution in [3.8, 4) is 17.5 Å². The molecule has 1 saturated heterocycles. The second-order valence-electron chi connectivity index (χ2n) is 6.22. The van der Waals surface area contributed by atoms with Crippen LogP contribution in [-0.4, -0.2) is 50.1 Å². The first kappa shape index (κ1) is 16.4. The Balaban J connectivity index is 1.60. The number of rotatable bonds is 5. The number of aromatic amines is 1. The zero-order chi connectivity index (χ0) is 17.8. The highest BCUT2D eigenvalue weighted by Gasteiger charge is 2.19. The molecule has 0 atom stereocenters. The summed E-state index contributed by atoms with van der Waals surface area (Å²) in [5.74, 6) is 2.66. The van der Waals surface area contributed by atoms with Crippen LogP contribution < -0.4 is 9.64 Å². The number of H-pyrrole nitrogens is 1. The maximum Gasteiger partial charge on any atom is 0.234 e. The summed E-state index contributed by atoms with van der Waals surface area (Å²) in [5.41, 5.74) is 1.78. The Bertz CT molecular complexity index is 859. The van der Waals surface area contributed by atoms with Gasteiger partial charge in [-0.25, -0.2) is 15.0 Å². The van der Waals surface area contributed by atoms with Gasteiger partial charge < -0.3 is 14.6 Å². The van der Waals surface area contributed by atoms with Gasteiger partial charge in [0.2, 0.25) is 5.88 Å². The van der Waals surface area contributed by atoms with Crippen molar-refractivity contribution in [3.05, 3.63) is 42.2 Å². The molecule has 1 aliphatic rings. The Labute approximate surface area is 151 Å².